The third-order valence-corrected chi connectivity index (χ3v) is 3.30. The van der Waals surface area contributed by atoms with E-state index in [1.54, 1.807) is 0 Å². The van der Waals surface area contributed by atoms with Gasteiger partial charge in [0.1, 0.15) is 11.4 Å². The Morgan fingerprint density at radius 2 is 1.88 bits per heavy atom. The van der Waals surface area contributed by atoms with E-state index in [9.17, 15) is 4.79 Å². The summed E-state index contributed by atoms with van der Waals surface area (Å²) in [5.74, 6) is 0.898. The number of nitrogens with one attached hydrogen (secondary N) is 2. The zero-order chi connectivity index (χ0) is 18.2. The van der Waals surface area contributed by atoms with Gasteiger partial charge < -0.3 is 20.1 Å². The largest absolute Gasteiger partial charge is 0.491 e. The summed E-state index contributed by atoms with van der Waals surface area (Å²) >= 11 is 0. The molecule has 2 N–H and O–H groups in total. The van der Waals surface area contributed by atoms with Gasteiger partial charge in [-0.1, -0.05) is 25.1 Å². The molecule has 0 saturated heterocycles. The van der Waals surface area contributed by atoms with Crippen LogP contribution in [0.4, 0.5) is 4.79 Å². The molecule has 5 heteroatoms. The number of ether oxygens (including phenoxy) is 2. The lowest BCUT2D eigenvalue weighted by atomic mass is 10.1. The second-order valence-electron chi connectivity index (χ2n) is 7.14. The van der Waals surface area contributed by atoms with Crippen LogP contribution in [-0.2, 0) is 11.3 Å². The molecule has 5 nitrogen and oxygen atoms in total. The van der Waals surface area contributed by atoms with Crippen molar-refractivity contribution in [2.75, 3.05) is 6.54 Å². The molecule has 0 bridgehead atoms. The molecule has 1 amide bonds. The van der Waals surface area contributed by atoms with Crippen LogP contribution in [0.1, 0.15) is 53.5 Å². The van der Waals surface area contributed by atoms with E-state index < -0.39 is 5.60 Å². The van der Waals surface area contributed by atoms with E-state index in [4.69, 9.17) is 9.47 Å². The van der Waals surface area contributed by atoms with Crippen LogP contribution in [0.15, 0.2) is 24.3 Å². The van der Waals surface area contributed by atoms with Crippen molar-refractivity contribution in [1.82, 2.24) is 10.6 Å². The maximum atomic E-state index is 11.7. The van der Waals surface area contributed by atoms with Gasteiger partial charge in [-0.05, 0) is 47.1 Å². The molecule has 0 heterocycles. The molecule has 0 aliphatic carbocycles. The van der Waals surface area contributed by atoms with Gasteiger partial charge in [0, 0.05) is 24.7 Å². The first-order valence-electron chi connectivity index (χ1n) is 8.66. The zero-order valence-corrected chi connectivity index (χ0v) is 15.8. The van der Waals surface area contributed by atoms with Gasteiger partial charge in [-0.15, -0.1) is 0 Å². The summed E-state index contributed by atoms with van der Waals surface area (Å²) in [7, 11) is 0. The molecule has 1 unspecified atom stereocenters. The first-order chi connectivity index (χ1) is 11.2. The number of hydrogen-bond acceptors (Lipinski definition) is 4. The molecule has 136 valence electrons. The van der Waals surface area contributed by atoms with Crippen LogP contribution < -0.4 is 15.4 Å². The van der Waals surface area contributed by atoms with E-state index in [0.717, 1.165) is 17.7 Å². The van der Waals surface area contributed by atoms with Crippen molar-refractivity contribution in [3.05, 3.63) is 29.8 Å². The van der Waals surface area contributed by atoms with Crippen LogP contribution in [0, 0.1) is 0 Å². The molecule has 1 aromatic carbocycles. The number of rotatable bonds is 8. The zero-order valence-electron chi connectivity index (χ0n) is 15.8. The maximum absolute atomic E-state index is 11.7. The lowest BCUT2D eigenvalue weighted by Gasteiger charge is -2.22. The van der Waals surface area contributed by atoms with Crippen molar-refractivity contribution in [3.63, 3.8) is 0 Å². The first-order valence-corrected chi connectivity index (χ1v) is 8.66. The third kappa shape index (κ3) is 8.20. The van der Waals surface area contributed by atoms with Crippen LogP contribution in [0.5, 0.6) is 5.75 Å². The number of benzene rings is 1. The van der Waals surface area contributed by atoms with Gasteiger partial charge in [0.05, 0.1) is 6.10 Å². The van der Waals surface area contributed by atoms with E-state index in [-0.39, 0.29) is 18.2 Å². The fourth-order valence-corrected chi connectivity index (χ4v) is 2.15. The molecule has 1 aromatic rings. The van der Waals surface area contributed by atoms with Crippen molar-refractivity contribution >= 4 is 6.09 Å². The van der Waals surface area contributed by atoms with E-state index in [1.807, 2.05) is 52.8 Å². The highest BCUT2D eigenvalue weighted by atomic mass is 16.6. The van der Waals surface area contributed by atoms with Gasteiger partial charge in [-0.3, -0.25) is 0 Å². The minimum atomic E-state index is -0.480. The maximum Gasteiger partial charge on any atom is 0.407 e. The summed E-state index contributed by atoms with van der Waals surface area (Å²) < 4.78 is 11.1. The number of carbonyl (C=O) groups is 1. The van der Waals surface area contributed by atoms with Crippen LogP contribution >= 0.6 is 0 Å². The molecular weight excluding hydrogens is 304 g/mol. The van der Waals surface area contributed by atoms with E-state index in [1.165, 1.54) is 0 Å². The highest BCUT2D eigenvalue weighted by Crippen LogP contribution is 2.19. The molecule has 24 heavy (non-hydrogen) atoms. The minimum absolute atomic E-state index is 0.141. The number of para-hydroxylation sites is 1. The average Bonchev–Trinajstić information content (AvgIpc) is 2.46. The molecule has 1 atom stereocenters. The van der Waals surface area contributed by atoms with Crippen LogP contribution in [0.3, 0.4) is 0 Å². The van der Waals surface area contributed by atoms with Crippen LogP contribution in [0.2, 0.25) is 0 Å². The third-order valence-electron chi connectivity index (χ3n) is 3.30. The second kappa shape index (κ2) is 9.52. The minimum Gasteiger partial charge on any atom is -0.491 e. The molecule has 0 fully saturated rings. The van der Waals surface area contributed by atoms with Gasteiger partial charge in [-0.25, -0.2) is 4.79 Å². The quantitative estimate of drug-likeness (QED) is 0.756. The Morgan fingerprint density at radius 3 is 2.46 bits per heavy atom. The fraction of sp³-hybridized carbons (Fsp3) is 0.632. The lowest BCUT2D eigenvalue weighted by molar-refractivity contribution is 0.0522. The summed E-state index contributed by atoms with van der Waals surface area (Å²) in [6.45, 7) is 12.9. The molecule has 1 rings (SSSR count). The number of amides is 1. The Morgan fingerprint density at radius 1 is 1.21 bits per heavy atom. The van der Waals surface area contributed by atoms with Gasteiger partial charge in [0.2, 0.25) is 0 Å². The average molecular weight is 336 g/mol. The number of alkyl carbamates (subject to hydrolysis) is 1. The highest BCUT2D eigenvalue weighted by Gasteiger charge is 2.17. The predicted molar refractivity (Wildman–Crippen MR) is 97.4 cm³/mol. The van der Waals surface area contributed by atoms with Gasteiger partial charge in [0.25, 0.3) is 0 Å². The van der Waals surface area contributed by atoms with E-state index >= 15 is 0 Å². The summed E-state index contributed by atoms with van der Waals surface area (Å²) in [4.78, 5) is 11.7. The number of hydrogen-bond donors (Lipinski definition) is 2. The summed E-state index contributed by atoms with van der Waals surface area (Å²) in [6.07, 6.45) is 0.663. The smallest absolute Gasteiger partial charge is 0.407 e. The molecule has 0 aromatic heterocycles. The first kappa shape index (κ1) is 20.3. The summed E-state index contributed by atoms with van der Waals surface area (Å²) in [5.41, 5.74) is 0.633. The van der Waals surface area contributed by atoms with Crippen molar-refractivity contribution in [3.8, 4) is 5.75 Å². The number of carbonyl (C=O) groups excluding carboxylic acids is 1. The lowest BCUT2D eigenvalue weighted by Crippen LogP contribution is -2.42. The van der Waals surface area contributed by atoms with E-state index in [2.05, 4.69) is 23.6 Å². The van der Waals surface area contributed by atoms with Crippen molar-refractivity contribution in [2.24, 2.45) is 0 Å². The van der Waals surface area contributed by atoms with Crippen molar-refractivity contribution in [1.29, 1.82) is 0 Å². The Balaban J connectivity index is 2.51. The van der Waals surface area contributed by atoms with Gasteiger partial charge in [0.15, 0.2) is 0 Å². The van der Waals surface area contributed by atoms with Crippen LogP contribution in [0.25, 0.3) is 0 Å². The standard InChI is InChI=1S/C19H32N2O3/c1-7-16(13-21-18(22)24-19(4,5)6)20-12-15-10-8-9-11-17(15)23-14(2)3/h8-11,14,16,20H,7,12-13H2,1-6H3,(H,21,22). The monoisotopic (exact) mass is 336 g/mol. The van der Waals surface area contributed by atoms with Gasteiger partial charge >= 0.3 is 6.09 Å². The predicted octanol–water partition coefficient (Wildman–Crippen LogP) is 3.87. The normalized spacial score (nSPS) is 12.8. The molecule has 0 aliphatic rings. The molecule has 0 saturated carbocycles. The Hall–Kier alpha value is -1.75. The molecule has 0 radical (unpaired) electrons. The van der Waals surface area contributed by atoms with Crippen molar-refractivity contribution < 1.29 is 14.3 Å². The van der Waals surface area contributed by atoms with Crippen molar-refractivity contribution in [2.45, 2.75) is 72.3 Å². The highest BCUT2D eigenvalue weighted by molar-refractivity contribution is 5.67. The van der Waals surface area contributed by atoms with Gasteiger partial charge in [-0.2, -0.15) is 0 Å². The molecular formula is C19H32N2O3. The summed E-state index contributed by atoms with van der Waals surface area (Å²) in [6, 6.07) is 8.19. The van der Waals surface area contributed by atoms with Crippen LogP contribution in [-0.4, -0.2) is 30.4 Å². The Kier molecular flexibility index (Phi) is 8.05. The van der Waals surface area contributed by atoms with E-state index in [0.29, 0.717) is 13.1 Å². The fourth-order valence-electron chi connectivity index (χ4n) is 2.15. The molecule has 0 aliphatic heterocycles. The molecule has 0 spiro atoms. The Bertz CT molecular complexity index is 510. The topological polar surface area (TPSA) is 59.6 Å². The second-order valence-corrected chi connectivity index (χ2v) is 7.14. The SMILES string of the molecule is CCC(CNC(=O)OC(C)(C)C)NCc1ccccc1OC(C)C. The Labute approximate surface area is 146 Å². The summed E-state index contributed by atoms with van der Waals surface area (Å²) in [5, 5.41) is 6.29.